The third-order valence-corrected chi connectivity index (χ3v) is 7.99. The van der Waals surface area contributed by atoms with Crippen molar-refractivity contribution in [3.05, 3.63) is 33.9 Å². The first kappa shape index (κ1) is 26.3. The van der Waals surface area contributed by atoms with Crippen LogP contribution in [0.3, 0.4) is 0 Å². The Morgan fingerprint density at radius 2 is 1.94 bits per heavy atom. The number of rotatable bonds is 8. The highest BCUT2D eigenvalue weighted by molar-refractivity contribution is 7.84. The average Bonchev–Trinajstić information content (AvgIpc) is 3.00. The Morgan fingerprint density at radius 3 is 2.44 bits per heavy atom. The summed E-state index contributed by atoms with van der Waals surface area (Å²) in [4.78, 5) is 14.9. The molecule has 2 aromatic rings. The molecule has 0 saturated carbocycles. The Bertz CT molecular complexity index is 1090. The van der Waals surface area contributed by atoms with E-state index in [1.165, 1.54) is 0 Å². The lowest BCUT2D eigenvalue weighted by Gasteiger charge is -2.27. The van der Waals surface area contributed by atoms with Crippen LogP contribution in [-0.4, -0.2) is 39.4 Å². The van der Waals surface area contributed by atoms with Gasteiger partial charge in [-0.05, 0) is 32.9 Å². The van der Waals surface area contributed by atoms with E-state index >= 15 is 0 Å². The van der Waals surface area contributed by atoms with Crippen molar-refractivity contribution in [3.8, 4) is 6.07 Å². The predicted octanol–water partition coefficient (Wildman–Crippen LogP) is 4.17. The molecule has 12 heteroatoms. The number of fused-ring (bicyclic) bond motifs is 1. The molecule has 32 heavy (non-hydrogen) atoms. The number of alkyl halides is 3. The average molecular weight is 491 g/mol. The van der Waals surface area contributed by atoms with Crippen LogP contribution in [-0.2, 0) is 22.5 Å². The van der Waals surface area contributed by atoms with Crippen molar-refractivity contribution < 1.29 is 22.1 Å². The molecule has 0 amide bonds. The second-order valence-electron chi connectivity index (χ2n) is 9.72. The Kier molecular flexibility index (Phi) is 7.81. The molecule has 0 aliphatic heterocycles. The van der Waals surface area contributed by atoms with Crippen molar-refractivity contribution in [2.45, 2.75) is 70.2 Å². The third-order valence-electron chi connectivity index (χ3n) is 4.72. The Hall–Kier alpha value is -1.94. The van der Waals surface area contributed by atoms with Crippen molar-refractivity contribution in [1.29, 1.82) is 5.26 Å². The van der Waals surface area contributed by atoms with Gasteiger partial charge in [-0.1, -0.05) is 19.6 Å². The largest absolute Gasteiger partial charge is 0.410 e. The van der Waals surface area contributed by atoms with Gasteiger partial charge in [-0.25, -0.2) is 8.93 Å². The van der Waals surface area contributed by atoms with E-state index in [9.17, 15) is 27.4 Å². The van der Waals surface area contributed by atoms with E-state index in [1.807, 2.05) is 6.07 Å². The molecular formula is C20H29F3N4O3SSi. The minimum Gasteiger partial charge on any atom is -0.361 e. The van der Waals surface area contributed by atoms with Gasteiger partial charge in [0.15, 0.2) is 6.04 Å². The lowest BCUT2D eigenvalue weighted by Crippen LogP contribution is -2.42. The summed E-state index contributed by atoms with van der Waals surface area (Å²) in [5.74, 6) is 0. The van der Waals surface area contributed by atoms with Crippen LogP contribution in [0.2, 0.25) is 25.7 Å². The van der Waals surface area contributed by atoms with Gasteiger partial charge in [0.05, 0.1) is 21.3 Å². The molecule has 0 bridgehead atoms. The molecule has 0 aliphatic carbocycles. The molecule has 7 nitrogen and oxygen atoms in total. The molecule has 2 aromatic heterocycles. The topological polar surface area (TPSA) is 99.9 Å². The van der Waals surface area contributed by atoms with E-state index in [2.05, 4.69) is 29.3 Å². The predicted molar refractivity (Wildman–Crippen MR) is 121 cm³/mol. The van der Waals surface area contributed by atoms with Gasteiger partial charge in [-0.2, -0.15) is 18.4 Å². The molecule has 0 saturated heterocycles. The Morgan fingerprint density at radius 1 is 1.31 bits per heavy atom. The molecule has 0 spiro atoms. The van der Waals surface area contributed by atoms with Crippen LogP contribution in [0.25, 0.3) is 10.9 Å². The second-order valence-corrected chi connectivity index (χ2v) is 17.3. The van der Waals surface area contributed by atoms with E-state index in [-0.39, 0.29) is 28.9 Å². The van der Waals surface area contributed by atoms with Gasteiger partial charge in [0.1, 0.15) is 18.3 Å². The normalized spacial score (nSPS) is 15.0. The lowest BCUT2D eigenvalue weighted by atomic mass is 10.1. The number of halogens is 3. The summed E-state index contributed by atoms with van der Waals surface area (Å²) < 4.78 is 62.8. The maximum absolute atomic E-state index is 14.1. The number of nitrogens with zero attached hydrogens (tertiary/aromatic N) is 2. The van der Waals surface area contributed by atoms with Crippen molar-refractivity contribution in [1.82, 2.24) is 14.3 Å². The van der Waals surface area contributed by atoms with Crippen LogP contribution in [0.5, 0.6) is 0 Å². The van der Waals surface area contributed by atoms with Crippen LogP contribution < -0.4 is 10.3 Å². The Labute approximate surface area is 188 Å². The highest BCUT2D eigenvalue weighted by Gasteiger charge is 2.45. The zero-order chi connectivity index (χ0) is 24.5. The molecule has 0 radical (unpaired) electrons. The first-order valence-corrected chi connectivity index (χ1v) is 14.9. The van der Waals surface area contributed by atoms with E-state index in [0.29, 0.717) is 6.61 Å². The van der Waals surface area contributed by atoms with Crippen molar-refractivity contribution in [2.24, 2.45) is 0 Å². The molecular weight excluding hydrogens is 461 g/mol. The fraction of sp³-hybridized carbons (Fsp3) is 0.600. The van der Waals surface area contributed by atoms with Crippen LogP contribution in [0, 0.1) is 11.3 Å². The number of hydrogen-bond acceptors (Lipinski definition) is 4. The monoisotopic (exact) mass is 490 g/mol. The summed E-state index contributed by atoms with van der Waals surface area (Å²) in [5, 5.41) is 9.47. The number of pyridine rings is 1. The number of hydrogen-bond donors (Lipinski definition) is 2. The summed E-state index contributed by atoms with van der Waals surface area (Å²) in [5.41, 5.74) is -1.05. The summed E-state index contributed by atoms with van der Waals surface area (Å²) in [6, 6.07) is 1.49. The molecule has 0 aliphatic rings. The highest BCUT2D eigenvalue weighted by atomic mass is 32.2. The highest BCUT2D eigenvalue weighted by Crippen LogP contribution is 2.36. The lowest BCUT2D eigenvalue weighted by molar-refractivity contribution is -0.154. The van der Waals surface area contributed by atoms with Crippen molar-refractivity contribution >= 4 is 30.0 Å². The third kappa shape index (κ3) is 6.31. The van der Waals surface area contributed by atoms with Gasteiger partial charge in [-0.3, -0.25) is 4.79 Å². The van der Waals surface area contributed by atoms with Gasteiger partial charge >= 0.3 is 6.18 Å². The summed E-state index contributed by atoms with van der Waals surface area (Å²) >= 11 is 0. The molecule has 2 N–H and O–H groups in total. The fourth-order valence-electron chi connectivity index (χ4n) is 2.89. The Balaban J connectivity index is 2.63. The second kappa shape index (κ2) is 9.50. The minimum absolute atomic E-state index is 0.0274. The zero-order valence-electron chi connectivity index (χ0n) is 19.0. The first-order valence-electron chi connectivity index (χ1n) is 10.0. The van der Waals surface area contributed by atoms with Crippen LogP contribution in [0.4, 0.5) is 13.2 Å². The van der Waals surface area contributed by atoms with Crippen LogP contribution in [0.15, 0.2) is 17.1 Å². The van der Waals surface area contributed by atoms with Gasteiger partial charge in [0.25, 0.3) is 5.56 Å². The van der Waals surface area contributed by atoms with Gasteiger partial charge in [-0.15, -0.1) is 0 Å². The van der Waals surface area contributed by atoms with E-state index in [0.717, 1.165) is 22.9 Å². The number of H-pyrrole nitrogens is 1. The first-order chi connectivity index (χ1) is 14.6. The molecule has 2 rings (SSSR count). The molecule has 0 fully saturated rings. The fourth-order valence-corrected chi connectivity index (χ4v) is 4.47. The van der Waals surface area contributed by atoms with Gasteiger partial charge in [0.2, 0.25) is 0 Å². The maximum Gasteiger partial charge on any atom is 0.410 e. The number of aromatic nitrogens is 2. The minimum atomic E-state index is -4.81. The van der Waals surface area contributed by atoms with Crippen molar-refractivity contribution in [3.63, 3.8) is 0 Å². The molecule has 2 heterocycles. The summed E-state index contributed by atoms with van der Waals surface area (Å²) in [6.45, 7) is 11.1. The van der Waals surface area contributed by atoms with Crippen LogP contribution in [0.1, 0.15) is 38.1 Å². The smallest absolute Gasteiger partial charge is 0.361 e. The molecule has 178 valence electrons. The van der Waals surface area contributed by atoms with Crippen LogP contribution >= 0.6 is 0 Å². The SMILES string of the molecule is CC(C)(C)[S@@](=O)N[C@H](c1cc2c(C#N)c[nH]c(=O)c2n1COCC[Si](C)(C)C)C(F)(F)F. The quantitative estimate of drug-likeness (QED) is 0.428. The summed E-state index contributed by atoms with van der Waals surface area (Å²) in [7, 11) is -3.49. The number of nitriles is 1. The number of nitrogens with one attached hydrogen (secondary N) is 2. The molecule has 0 unspecified atom stereocenters. The van der Waals surface area contributed by atoms with Gasteiger partial charge < -0.3 is 14.3 Å². The van der Waals surface area contributed by atoms with E-state index < -0.39 is 41.6 Å². The standard InChI is InChI=1S/C20H29F3N4O3SSi/c1-19(2,3)31(29)26-17(20(21,22)23)15-9-14-13(10-24)11-25-18(28)16(14)27(15)12-30-7-8-32(4,5)6/h9,11,17,26H,7-8,12H2,1-6H3,(H,25,28)/t17-,31-/m1/s1. The number of aromatic amines is 1. The maximum atomic E-state index is 14.1. The van der Waals surface area contributed by atoms with Crippen molar-refractivity contribution in [2.75, 3.05) is 6.61 Å². The summed E-state index contributed by atoms with van der Waals surface area (Å²) in [6.07, 6.45) is -3.65. The van der Waals surface area contributed by atoms with Gasteiger partial charge in [0, 0.05) is 32.0 Å². The zero-order valence-corrected chi connectivity index (χ0v) is 20.8. The molecule has 2 atom stereocenters. The van der Waals surface area contributed by atoms with E-state index in [4.69, 9.17) is 4.74 Å². The van der Waals surface area contributed by atoms with E-state index in [1.54, 1.807) is 20.8 Å². The number of ether oxygens (including phenoxy) is 1. The molecule has 0 aromatic carbocycles.